The second-order valence-electron chi connectivity index (χ2n) is 3.76. The number of methoxy groups -OCH3 is 2. The number of aryl methyl sites for hydroxylation is 1. The number of ether oxygens (including phenoxy) is 2. The second-order valence-corrected chi connectivity index (χ2v) is 3.76. The normalized spacial score (nSPS) is 10.4. The lowest BCUT2D eigenvalue weighted by Crippen LogP contribution is -1.97. The van der Waals surface area contributed by atoms with E-state index in [9.17, 15) is 0 Å². The third-order valence-corrected chi connectivity index (χ3v) is 2.51. The van der Waals surface area contributed by atoms with Crippen molar-refractivity contribution in [3.63, 3.8) is 0 Å². The van der Waals surface area contributed by atoms with Crippen LogP contribution in [0.3, 0.4) is 0 Å². The molecule has 0 saturated carbocycles. The highest BCUT2D eigenvalue weighted by atomic mass is 16.5. The molecule has 2 rings (SSSR count). The number of hydrogen-bond acceptors (Lipinski definition) is 6. The maximum Gasteiger partial charge on any atom is 0.240 e. The van der Waals surface area contributed by atoms with Gasteiger partial charge in [0.2, 0.25) is 11.7 Å². The zero-order chi connectivity index (χ0) is 13.1. The highest BCUT2D eigenvalue weighted by Gasteiger charge is 2.17. The van der Waals surface area contributed by atoms with Crippen molar-refractivity contribution in [2.45, 2.75) is 13.5 Å². The van der Waals surface area contributed by atoms with Gasteiger partial charge in [-0.25, -0.2) is 0 Å². The molecule has 0 aliphatic heterocycles. The minimum atomic E-state index is 0.207. The van der Waals surface area contributed by atoms with Gasteiger partial charge in [0.1, 0.15) is 0 Å². The van der Waals surface area contributed by atoms with Gasteiger partial charge in [0, 0.05) is 0 Å². The van der Waals surface area contributed by atoms with E-state index >= 15 is 0 Å². The Bertz CT molecular complexity index is 551. The molecule has 0 amide bonds. The Balaban J connectivity index is 2.58. The summed E-state index contributed by atoms with van der Waals surface area (Å²) in [5.74, 6) is 2.03. The number of aromatic nitrogens is 2. The van der Waals surface area contributed by atoms with Crippen LogP contribution in [-0.2, 0) is 6.54 Å². The van der Waals surface area contributed by atoms with Gasteiger partial charge in [-0.3, -0.25) is 0 Å². The first-order valence-corrected chi connectivity index (χ1v) is 5.45. The van der Waals surface area contributed by atoms with E-state index in [1.165, 1.54) is 0 Å². The number of benzene rings is 1. The van der Waals surface area contributed by atoms with Crippen LogP contribution < -0.4 is 15.2 Å². The van der Waals surface area contributed by atoms with Crippen molar-refractivity contribution in [3.8, 4) is 22.9 Å². The molecule has 1 aromatic heterocycles. The molecule has 2 N–H and O–H groups in total. The summed E-state index contributed by atoms with van der Waals surface area (Å²) in [4.78, 5) is 4.19. The fourth-order valence-electron chi connectivity index (χ4n) is 1.72. The summed E-state index contributed by atoms with van der Waals surface area (Å²) in [6.45, 7) is 2.16. The van der Waals surface area contributed by atoms with Crippen molar-refractivity contribution in [3.05, 3.63) is 23.6 Å². The minimum absolute atomic E-state index is 0.207. The molecule has 0 unspecified atom stereocenters. The molecule has 96 valence electrons. The van der Waals surface area contributed by atoms with Crippen LogP contribution in [0, 0.1) is 6.92 Å². The molecule has 0 bridgehead atoms. The number of hydrogen-bond donors (Lipinski definition) is 1. The summed E-state index contributed by atoms with van der Waals surface area (Å²) in [6, 6.07) is 3.79. The third kappa shape index (κ3) is 2.14. The van der Waals surface area contributed by atoms with E-state index in [0.717, 1.165) is 11.1 Å². The molecule has 1 heterocycles. The molecule has 6 nitrogen and oxygen atoms in total. The van der Waals surface area contributed by atoms with Gasteiger partial charge in [0.05, 0.1) is 26.3 Å². The standard InChI is InChI=1S/C12H15N3O3/c1-7-4-8(11(17-3)9(5-7)16-2)12-14-10(6-13)18-15-12/h4-5H,6,13H2,1-3H3. The summed E-state index contributed by atoms with van der Waals surface area (Å²) in [6.07, 6.45) is 0. The average Bonchev–Trinajstić information content (AvgIpc) is 2.86. The summed E-state index contributed by atoms with van der Waals surface area (Å²) < 4.78 is 15.6. The van der Waals surface area contributed by atoms with E-state index < -0.39 is 0 Å². The monoisotopic (exact) mass is 249 g/mol. The number of nitrogens with two attached hydrogens (primary N) is 1. The van der Waals surface area contributed by atoms with Crippen LogP contribution in [0.1, 0.15) is 11.5 Å². The molecule has 0 saturated heterocycles. The Kier molecular flexibility index (Phi) is 3.47. The summed E-state index contributed by atoms with van der Waals surface area (Å²) in [7, 11) is 3.16. The molecule has 2 aromatic rings. The fourth-order valence-corrected chi connectivity index (χ4v) is 1.72. The largest absolute Gasteiger partial charge is 0.493 e. The lowest BCUT2D eigenvalue weighted by atomic mass is 10.1. The smallest absolute Gasteiger partial charge is 0.240 e. The molecule has 0 atom stereocenters. The third-order valence-electron chi connectivity index (χ3n) is 2.51. The lowest BCUT2D eigenvalue weighted by molar-refractivity contribution is 0.355. The number of nitrogens with zero attached hydrogens (tertiary/aromatic N) is 2. The first-order valence-electron chi connectivity index (χ1n) is 5.45. The van der Waals surface area contributed by atoms with E-state index in [1.807, 2.05) is 19.1 Å². The molecule has 0 aliphatic carbocycles. The van der Waals surface area contributed by atoms with Crippen molar-refractivity contribution < 1.29 is 14.0 Å². The predicted molar refractivity (Wildman–Crippen MR) is 65.5 cm³/mol. The Morgan fingerprint density at radius 1 is 1.28 bits per heavy atom. The van der Waals surface area contributed by atoms with Crippen LogP contribution in [0.5, 0.6) is 11.5 Å². The van der Waals surface area contributed by atoms with E-state index in [-0.39, 0.29) is 6.54 Å². The Morgan fingerprint density at radius 3 is 2.61 bits per heavy atom. The number of rotatable bonds is 4. The molecule has 0 spiro atoms. The minimum Gasteiger partial charge on any atom is -0.493 e. The SMILES string of the molecule is COc1cc(C)cc(-c2noc(CN)n2)c1OC. The van der Waals surface area contributed by atoms with Gasteiger partial charge in [-0.15, -0.1) is 0 Å². The molecule has 6 heteroatoms. The Labute approximate surface area is 105 Å². The zero-order valence-corrected chi connectivity index (χ0v) is 10.6. The van der Waals surface area contributed by atoms with Gasteiger partial charge >= 0.3 is 0 Å². The van der Waals surface area contributed by atoms with Gasteiger partial charge in [-0.05, 0) is 24.6 Å². The fraction of sp³-hybridized carbons (Fsp3) is 0.333. The van der Waals surface area contributed by atoms with Crippen LogP contribution in [0.15, 0.2) is 16.7 Å². The van der Waals surface area contributed by atoms with E-state index in [2.05, 4.69) is 10.1 Å². The quantitative estimate of drug-likeness (QED) is 0.884. The summed E-state index contributed by atoms with van der Waals surface area (Å²) in [5.41, 5.74) is 7.18. The van der Waals surface area contributed by atoms with Gasteiger partial charge in [-0.1, -0.05) is 5.16 Å². The first-order chi connectivity index (χ1) is 8.69. The Hall–Kier alpha value is -2.08. The van der Waals surface area contributed by atoms with E-state index in [0.29, 0.717) is 23.2 Å². The highest BCUT2D eigenvalue weighted by Crippen LogP contribution is 2.37. The van der Waals surface area contributed by atoms with Gasteiger partial charge in [0.25, 0.3) is 0 Å². The van der Waals surface area contributed by atoms with Crippen molar-refractivity contribution in [2.75, 3.05) is 14.2 Å². The van der Waals surface area contributed by atoms with Gasteiger partial charge in [-0.2, -0.15) is 4.98 Å². The van der Waals surface area contributed by atoms with Gasteiger partial charge < -0.3 is 19.7 Å². The highest BCUT2D eigenvalue weighted by molar-refractivity contribution is 5.69. The molecular weight excluding hydrogens is 234 g/mol. The second kappa shape index (κ2) is 5.05. The van der Waals surface area contributed by atoms with Crippen molar-refractivity contribution >= 4 is 0 Å². The Morgan fingerprint density at radius 2 is 2.06 bits per heavy atom. The maximum absolute atomic E-state index is 5.45. The van der Waals surface area contributed by atoms with E-state index in [4.69, 9.17) is 19.7 Å². The van der Waals surface area contributed by atoms with Crippen LogP contribution in [0.2, 0.25) is 0 Å². The molecule has 1 aromatic carbocycles. The van der Waals surface area contributed by atoms with Crippen molar-refractivity contribution in [2.24, 2.45) is 5.73 Å². The molecule has 0 fully saturated rings. The molecule has 18 heavy (non-hydrogen) atoms. The summed E-state index contributed by atoms with van der Waals surface area (Å²) in [5, 5.41) is 3.88. The van der Waals surface area contributed by atoms with Crippen LogP contribution in [0.25, 0.3) is 11.4 Å². The van der Waals surface area contributed by atoms with E-state index in [1.54, 1.807) is 14.2 Å². The molecule has 0 radical (unpaired) electrons. The first kappa shape index (κ1) is 12.4. The predicted octanol–water partition coefficient (Wildman–Crippen LogP) is 1.52. The van der Waals surface area contributed by atoms with Crippen molar-refractivity contribution in [1.82, 2.24) is 10.1 Å². The zero-order valence-electron chi connectivity index (χ0n) is 10.6. The van der Waals surface area contributed by atoms with Crippen LogP contribution in [-0.4, -0.2) is 24.4 Å². The van der Waals surface area contributed by atoms with Crippen molar-refractivity contribution in [1.29, 1.82) is 0 Å². The topological polar surface area (TPSA) is 83.4 Å². The maximum atomic E-state index is 5.45. The summed E-state index contributed by atoms with van der Waals surface area (Å²) >= 11 is 0. The van der Waals surface area contributed by atoms with Crippen LogP contribution >= 0.6 is 0 Å². The van der Waals surface area contributed by atoms with Crippen LogP contribution in [0.4, 0.5) is 0 Å². The van der Waals surface area contributed by atoms with Gasteiger partial charge in [0.15, 0.2) is 11.5 Å². The molecular formula is C12H15N3O3. The molecule has 0 aliphatic rings. The average molecular weight is 249 g/mol. The lowest BCUT2D eigenvalue weighted by Gasteiger charge is -2.11.